The van der Waals surface area contributed by atoms with Gasteiger partial charge in [0.05, 0.1) is 0 Å². The van der Waals surface area contributed by atoms with E-state index in [0.717, 1.165) is 11.4 Å². The van der Waals surface area contributed by atoms with Crippen molar-refractivity contribution < 1.29 is 0 Å². The van der Waals surface area contributed by atoms with Crippen molar-refractivity contribution in [1.82, 2.24) is 9.97 Å². The quantitative estimate of drug-likeness (QED) is 0.648. The van der Waals surface area contributed by atoms with Crippen molar-refractivity contribution in [2.75, 3.05) is 10.6 Å². The van der Waals surface area contributed by atoms with E-state index in [1.807, 2.05) is 43.3 Å². The van der Waals surface area contributed by atoms with Gasteiger partial charge >= 0.3 is 0 Å². The molecule has 0 atom stereocenters. The monoisotopic (exact) mass is 344 g/mol. The summed E-state index contributed by atoms with van der Waals surface area (Å²) in [7, 11) is 0. The standard InChI is InChI=1S/C17H14Cl2N4/c1-11-20-16(22-14-5-3-2-4-6-14)10-17(21-11)23-15-8-12(18)7-13(19)9-15/h2-10H,1H3,(H2,20,21,22,23). The molecule has 4 nitrogen and oxygen atoms in total. The molecule has 3 rings (SSSR count). The van der Waals surface area contributed by atoms with E-state index in [4.69, 9.17) is 23.2 Å². The number of benzene rings is 2. The van der Waals surface area contributed by atoms with E-state index in [9.17, 15) is 0 Å². The van der Waals surface area contributed by atoms with Crippen molar-refractivity contribution in [3.05, 3.63) is 70.5 Å². The first kappa shape index (κ1) is 15.6. The molecule has 0 saturated heterocycles. The van der Waals surface area contributed by atoms with Gasteiger partial charge in [-0.3, -0.25) is 0 Å². The van der Waals surface area contributed by atoms with Crippen LogP contribution in [0, 0.1) is 6.92 Å². The third kappa shape index (κ3) is 4.34. The topological polar surface area (TPSA) is 49.8 Å². The van der Waals surface area contributed by atoms with Crippen LogP contribution < -0.4 is 10.6 Å². The number of para-hydroxylation sites is 1. The third-order valence-corrected chi connectivity index (χ3v) is 3.46. The fourth-order valence-corrected chi connectivity index (χ4v) is 2.67. The Morgan fingerprint density at radius 3 is 1.91 bits per heavy atom. The van der Waals surface area contributed by atoms with Crippen molar-refractivity contribution in [2.24, 2.45) is 0 Å². The molecule has 1 heterocycles. The Kier molecular flexibility index (Phi) is 4.65. The second-order valence-corrected chi connectivity index (χ2v) is 5.83. The lowest BCUT2D eigenvalue weighted by molar-refractivity contribution is 1.06. The summed E-state index contributed by atoms with van der Waals surface area (Å²) in [4.78, 5) is 8.77. The Hall–Kier alpha value is -2.30. The molecule has 1 aromatic heterocycles. The average Bonchev–Trinajstić information content (AvgIpc) is 2.46. The van der Waals surface area contributed by atoms with Crippen molar-refractivity contribution in [3.63, 3.8) is 0 Å². The summed E-state index contributed by atoms with van der Waals surface area (Å²) in [5, 5.41) is 7.57. The lowest BCUT2D eigenvalue weighted by Crippen LogP contribution is -2.01. The summed E-state index contributed by atoms with van der Waals surface area (Å²) < 4.78 is 0. The van der Waals surface area contributed by atoms with Crippen LogP contribution in [0.15, 0.2) is 54.6 Å². The number of nitrogens with zero attached hydrogens (tertiary/aromatic N) is 2. The number of anilines is 4. The molecular weight excluding hydrogens is 331 g/mol. The number of nitrogens with one attached hydrogen (secondary N) is 2. The van der Waals surface area contributed by atoms with Crippen molar-refractivity contribution in [2.45, 2.75) is 6.92 Å². The molecule has 0 amide bonds. The minimum atomic E-state index is 0.563. The molecular formula is C17H14Cl2N4. The fraction of sp³-hybridized carbons (Fsp3) is 0.0588. The third-order valence-electron chi connectivity index (χ3n) is 3.02. The van der Waals surface area contributed by atoms with Crippen LogP contribution in [-0.2, 0) is 0 Å². The van der Waals surface area contributed by atoms with Crippen LogP contribution in [0.3, 0.4) is 0 Å². The van der Waals surface area contributed by atoms with E-state index in [2.05, 4.69) is 20.6 Å². The molecule has 6 heteroatoms. The van der Waals surface area contributed by atoms with Crippen LogP contribution in [0.1, 0.15) is 5.82 Å². The van der Waals surface area contributed by atoms with Crippen molar-refractivity contribution >= 4 is 46.2 Å². The van der Waals surface area contributed by atoms with Gasteiger partial charge < -0.3 is 10.6 Å². The number of aromatic nitrogens is 2. The van der Waals surface area contributed by atoms with Gasteiger partial charge in [0.2, 0.25) is 0 Å². The normalized spacial score (nSPS) is 10.4. The van der Waals surface area contributed by atoms with Crippen LogP contribution in [0.4, 0.5) is 23.0 Å². The number of hydrogen-bond donors (Lipinski definition) is 2. The van der Waals surface area contributed by atoms with Crippen LogP contribution in [0.25, 0.3) is 0 Å². The maximum Gasteiger partial charge on any atom is 0.136 e. The van der Waals surface area contributed by atoms with Gasteiger partial charge in [-0.1, -0.05) is 41.4 Å². The van der Waals surface area contributed by atoms with Gasteiger partial charge in [0.25, 0.3) is 0 Å². The highest BCUT2D eigenvalue weighted by Crippen LogP contribution is 2.26. The summed E-state index contributed by atoms with van der Waals surface area (Å²) in [5.41, 5.74) is 1.73. The Morgan fingerprint density at radius 2 is 1.30 bits per heavy atom. The fourth-order valence-electron chi connectivity index (χ4n) is 2.14. The molecule has 2 aromatic carbocycles. The second kappa shape index (κ2) is 6.86. The molecule has 3 aromatic rings. The van der Waals surface area contributed by atoms with Gasteiger partial charge in [-0.25, -0.2) is 9.97 Å². The maximum absolute atomic E-state index is 6.02. The molecule has 116 valence electrons. The van der Waals surface area contributed by atoms with Gasteiger partial charge in [-0.15, -0.1) is 0 Å². The van der Waals surface area contributed by atoms with E-state index >= 15 is 0 Å². The molecule has 23 heavy (non-hydrogen) atoms. The zero-order valence-electron chi connectivity index (χ0n) is 12.3. The summed E-state index contributed by atoms with van der Waals surface area (Å²) in [6.45, 7) is 1.84. The lowest BCUT2D eigenvalue weighted by Gasteiger charge is -2.11. The molecule has 2 N–H and O–H groups in total. The SMILES string of the molecule is Cc1nc(Nc2ccccc2)cc(Nc2cc(Cl)cc(Cl)c2)n1. The van der Waals surface area contributed by atoms with Crippen molar-refractivity contribution in [3.8, 4) is 0 Å². The number of hydrogen-bond acceptors (Lipinski definition) is 4. The first-order valence-corrected chi connectivity index (χ1v) is 7.75. The van der Waals surface area contributed by atoms with Gasteiger partial charge in [0.15, 0.2) is 0 Å². The highest BCUT2D eigenvalue weighted by Gasteiger charge is 2.04. The molecule has 0 radical (unpaired) electrons. The van der Waals surface area contributed by atoms with Crippen LogP contribution in [0.2, 0.25) is 10.0 Å². The van der Waals surface area contributed by atoms with E-state index in [1.165, 1.54) is 0 Å². The van der Waals surface area contributed by atoms with Gasteiger partial charge in [0.1, 0.15) is 17.5 Å². The molecule has 0 unspecified atom stereocenters. The molecule has 0 saturated carbocycles. The van der Waals surface area contributed by atoms with Gasteiger partial charge in [-0.2, -0.15) is 0 Å². The number of rotatable bonds is 4. The number of aryl methyl sites for hydroxylation is 1. The van der Waals surface area contributed by atoms with Crippen LogP contribution in [-0.4, -0.2) is 9.97 Å². The minimum Gasteiger partial charge on any atom is -0.340 e. The molecule has 0 fully saturated rings. The van der Waals surface area contributed by atoms with Crippen LogP contribution >= 0.6 is 23.2 Å². The Morgan fingerprint density at radius 1 is 0.739 bits per heavy atom. The predicted molar refractivity (Wildman–Crippen MR) is 96.2 cm³/mol. The van der Waals surface area contributed by atoms with Crippen molar-refractivity contribution in [1.29, 1.82) is 0 Å². The summed E-state index contributed by atoms with van der Waals surface area (Å²) in [6, 6.07) is 16.9. The summed E-state index contributed by atoms with van der Waals surface area (Å²) in [6.07, 6.45) is 0. The zero-order chi connectivity index (χ0) is 16.2. The lowest BCUT2D eigenvalue weighted by atomic mass is 10.3. The van der Waals surface area contributed by atoms with E-state index in [0.29, 0.717) is 27.5 Å². The molecule has 0 aliphatic rings. The molecule has 0 bridgehead atoms. The Labute approximate surface area is 144 Å². The smallest absolute Gasteiger partial charge is 0.136 e. The van der Waals surface area contributed by atoms with Gasteiger partial charge in [-0.05, 0) is 37.3 Å². The second-order valence-electron chi connectivity index (χ2n) is 4.96. The Bertz CT molecular complexity index is 802. The zero-order valence-corrected chi connectivity index (χ0v) is 13.9. The minimum absolute atomic E-state index is 0.563. The highest BCUT2D eigenvalue weighted by molar-refractivity contribution is 6.35. The van der Waals surface area contributed by atoms with E-state index < -0.39 is 0 Å². The number of halogens is 2. The Balaban J connectivity index is 1.85. The highest BCUT2D eigenvalue weighted by atomic mass is 35.5. The van der Waals surface area contributed by atoms with E-state index in [-0.39, 0.29) is 0 Å². The summed E-state index contributed by atoms with van der Waals surface area (Å²) >= 11 is 12.0. The molecule has 0 spiro atoms. The van der Waals surface area contributed by atoms with Crippen LogP contribution in [0.5, 0.6) is 0 Å². The largest absolute Gasteiger partial charge is 0.340 e. The van der Waals surface area contributed by atoms with E-state index in [1.54, 1.807) is 18.2 Å². The predicted octanol–water partition coefficient (Wildman–Crippen LogP) is 5.58. The molecule has 0 aliphatic carbocycles. The van der Waals surface area contributed by atoms with Gasteiger partial charge in [0, 0.05) is 27.5 Å². The summed E-state index contributed by atoms with van der Waals surface area (Å²) in [5.74, 6) is 2.02. The first-order valence-electron chi connectivity index (χ1n) is 6.99. The maximum atomic E-state index is 6.02. The molecule has 0 aliphatic heterocycles. The first-order chi connectivity index (χ1) is 11.1. The average molecular weight is 345 g/mol.